The van der Waals surface area contributed by atoms with Crippen molar-refractivity contribution in [2.75, 3.05) is 5.32 Å². The number of nitrogens with zero attached hydrogens (tertiary/aromatic N) is 1. The Hall–Kier alpha value is -3.09. The Morgan fingerprint density at radius 2 is 1.75 bits per heavy atom. The van der Waals surface area contributed by atoms with Gasteiger partial charge in [-0.3, -0.25) is 14.6 Å². The molecule has 0 spiro atoms. The van der Waals surface area contributed by atoms with Crippen molar-refractivity contribution < 1.29 is 14.0 Å². The van der Waals surface area contributed by atoms with Crippen LogP contribution < -0.4 is 10.6 Å². The van der Waals surface area contributed by atoms with Gasteiger partial charge in [0.1, 0.15) is 11.5 Å². The van der Waals surface area contributed by atoms with E-state index in [2.05, 4.69) is 15.6 Å². The van der Waals surface area contributed by atoms with Crippen molar-refractivity contribution in [2.45, 2.75) is 6.54 Å². The highest BCUT2D eigenvalue weighted by Gasteiger charge is 2.14. The lowest BCUT2D eigenvalue weighted by Gasteiger charge is -2.05. The summed E-state index contributed by atoms with van der Waals surface area (Å²) in [6.45, 7) is 0.0661. The first-order valence-corrected chi connectivity index (χ1v) is 8.98. The van der Waals surface area contributed by atoms with E-state index in [1.54, 1.807) is 66.9 Å². The summed E-state index contributed by atoms with van der Waals surface area (Å²) in [6.07, 6.45) is 1.56. The SMILES string of the molecule is O=C(NCc1ccc(C=Nc2ccc(Cl)cc2)o1)C(=O)Nc1cccc(Cl)c1. The molecule has 142 valence electrons. The van der Waals surface area contributed by atoms with Crippen molar-refractivity contribution in [1.29, 1.82) is 0 Å². The molecule has 0 saturated heterocycles. The van der Waals surface area contributed by atoms with Crippen LogP contribution >= 0.6 is 23.2 Å². The maximum atomic E-state index is 11.9. The van der Waals surface area contributed by atoms with Gasteiger partial charge in [0, 0.05) is 15.7 Å². The molecule has 0 radical (unpaired) electrons. The van der Waals surface area contributed by atoms with E-state index in [4.69, 9.17) is 27.6 Å². The van der Waals surface area contributed by atoms with E-state index in [-0.39, 0.29) is 6.54 Å². The molecule has 8 heteroatoms. The maximum absolute atomic E-state index is 11.9. The second-order valence-electron chi connectivity index (χ2n) is 5.69. The van der Waals surface area contributed by atoms with Gasteiger partial charge in [0.25, 0.3) is 0 Å². The highest BCUT2D eigenvalue weighted by atomic mass is 35.5. The molecule has 6 nitrogen and oxygen atoms in total. The molecule has 1 aromatic heterocycles. The van der Waals surface area contributed by atoms with Crippen molar-refractivity contribution in [3.8, 4) is 0 Å². The van der Waals surface area contributed by atoms with Crippen molar-refractivity contribution >= 4 is 52.6 Å². The molecule has 2 N–H and O–H groups in total. The van der Waals surface area contributed by atoms with Gasteiger partial charge >= 0.3 is 11.8 Å². The van der Waals surface area contributed by atoms with E-state index in [9.17, 15) is 9.59 Å². The zero-order chi connectivity index (χ0) is 19.9. The average Bonchev–Trinajstić information content (AvgIpc) is 3.13. The van der Waals surface area contributed by atoms with Crippen molar-refractivity contribution in [1.82, 2.24) is 5.32 Å². The number of rotatable bonds is 5. The summed E-state index contributed by atoms with van der Waals surface area (Å²) in [5.41, 5.74) is 1.17. The van der Waals surface area contributed by atoms with Gasteiger partial charge in [0.15, 0.2) is 0 Å². The third-order valence-electron chi connectivity index (χ3n) is 3.56. The number of halogens is 2. The van der Waals surface area contributed by atoms with E-state index < -0.39 is 11.8 Å². The zero-order valence-corrected chi connectivity index (χ0v) is 16.0. The van der Waals surface area contributed by atoms with Gasteiger partial charge in [-0.2, -0.15) is 0 Å². The fraction of sp³-hybridized carbons (Fsp3) is 0.0500. The Bertz CT molecular complexity index is 1010. The molecule has 0 atom stereocenters. The number of aliphatic imine (C=N–C) groups is 1. The van der Waals surface area contributed by atoms with Crippen LogP contribution in [0.5, 0.6) is 0 Å². The lowest BCUT2D eigenvalue weighted by Crippen LogP contribution is -2.34. The van der Waals surface area contributed by atoms with Crippen LogP contribution in [-0.4, -0.2) is 18.0 Å². The molecule has 0 fully saturated rings. The highest BCUT2D eigenvalue weighted by molar-refractivity contribution is 6.39. The van der Waals surface area contributed by atoms with Crippen LogP contribution in [-0.2, 0) is 16.1 Å². The Morgan fingerprint density at radius 3 is 2.50 bits per heavy atom. The number of furan rings is 1. The molecule has 0 aliphatic carbocycles. The van der Waals surface area contributed by atoms with Gasteiger partial charge in [-0.05, 0) is 54.6 Å². The lowest BCUT2D eigenvalue weighted by molar-refractivity contribution is -0.136. The Balaban J connectivity index is 1.51. The third kappa shape index (κ3) is 5.70. The van der Waals surface area contributed by atoms with Crippen molar-refractivity contribution in [3.63, 3.8) is 0 Å². The monoisotopic (exact) mass is 415 g/mol. The summed E-state index contributed by atoms with van der Waals surface area (Å²) in [5, 5.41) is 6.05. The van der Waals surface area contributed by atoms with Crippen LogP contribution in [0.4, 0.5) is 11.4 Å². The average molecular weight is 416 g/mol. The quantitative estimate of drug-likeness (QED) is 0.471. The molecule has 0 bridgehead atoms. The fourth-order valence-electron chi connectivity index (χ4n) is 2.23. The molecule has 2 amide bonds. The molecule has 2 aromatic carbocycles. The second-order valence-corrected chi connectivity index (χ2v) is 6.56. The van der Waals surface area contributed by atoms with E-state index >= 15 is 0 Å². The largest absolute Gasteiger partial charge is 0.458 e. The number of carbonyl (C=O) groups is 2. The van der Waals surface area contributed by atoms with Crippen LogP contribution in [0.25, 0.3) is 0 Å². The topological polar surface area (TPSA) is 83.7 Å². The zero-order valence-electron chi connectivity index (χ0n) is 14.5. The molecule has 0 aliphatic rings. The number of hydrogen-bond donors (Lipinski definition) is 2. The third-order valence-corrected chi connectivity index (χ3v) is 4.05. The van der Waals surface area contributed by atoms with E-state index in [1.807, 2.05) is 0 Å². The van der Waals surface area contributed by atoms with Crippen LogP contribution in [0.2, 0.25) is 10.0 Å². The maximum Gasteiger partial charge on any atom is 0.313 e. The van der Waals surface area contributed by atoms with Gasteiger partial charge in [-0.25, -0.2) is 0 Å². The van der Waals surface area contributed by atoms with E-state index in [0.717, 1.165) is 5.69 Å². The van der Waals surface area contributed by atoms with Gasteiger partial charge in [-0.15, -0.1) is 0 Å². The number of anilines is 1. The highest BCUT2D eigenvalue weighted by Crippen LogP contribution is 2.17. The van der Waals surface area contributed by atoms with Gasteiger partial charge in [0.05, 0.1) is 18.4 Å². The number of carbonyl (C=O) groups excluding carboxylic acids is 2. The van der Waals surface area contributed by atoms with Gasteiger partial charge in [0.2, 0.25) is 0 Å². The minimum atomic E-state index is -0.793. The van der Waals surface area contributed by atoms with Gasteiger partial charge < -0.3 is 15.1 Å². The number of benzene rings is 2. The summed E-state index contributed by atoms with van der Waals surface area (Å²) >= 11 is 11.7. The Morgan fingerprint density at radius 1 is 0.964 bits per heavy atom. The smallest absolute Gasteiger partial charge is 0.313 e. The molecule has 0 saturated carbocycles. The number of nitrogens with one attached hydrogen (secondary N) is 2. The predicted octanol–water partition coefficient (Wildman–Crippen LogP) is 4.59. The summed E-state index contributed by atoms with van der Waals surface area (Å²) in [4.78, 5) is 28.1. The second kappa shape index (κ2) is 9.21. The molecular weight excluding hydrogens is 401 g/mol. The van der Waals surface area contributed by atoms with Gasteiger partial charge in [-0.1, -0.05) is 29.3 Å². The number of hydrogen-bond acceptors (Lipinski definition) is 4. The van der Waals surface area contributed by atoms with Crippen LogP contribution in [0.3, 0.4) is 0 Å². The first-order chi connectivity index (χ1) is 13.5. The molecule has 3 aromatic rings. The Kier molecular flexibility index (Phi) is 6.47. The molecule has 0 unspecified atom stereocenters. The van der Waals surface area contributed by atoms with E-state index in [0.29, 0.717) is 27.3 Å². The summed E-state index contributed by atoms with van der Waals surface area (Å²) in [6, 6.07) is 17.0. The summed E-state index contributed by atoms with van der Waals surface area (Å²) in [5.74, 6) is -0.574. The van der Waals surface area contributed by atoms with Crippen LogP contribution in [0.15, 0.2) is 70.1 Å². The van der Waals surface area contributed by atoms with Crippen molar-refractivity contribution in [3.05, 3.63) is 82.2 Å². The molecule has 3 rings (SSSR count). The summed E-state index contributed by atoms with van der Waals surface area (Å²) in [7, 11) is 0. The van der Waals surface area contributed by atoms with Crippen molar-refractivity contribution in [2.24, 2.45) is 4.99 Å². The lowest BCUT2D eigenvalue weighted by atomic mass is 10.3. The predicted molar refractivity (Wildman–Crippen MR) is 109 cm³/mol. The molecule has 28 heavy (non-hydrogen) atoms. The minimum Gasteiger partial charge on any atom is -0.458 e. The van der Waals surface area contributed by atoms with Crippen LogP contribution in [0, 0.1) is 0 Å². The minimum absolute atomic E-state index is 0.0661. The molecular formula is C20H15Cl2N3O3. The standard InChI is InChI=1S/C20H15Cl2N3O3/c21-13-4-6-15(7-5-13)23-11-17-8-9-18(28-17)12-24-19(26)20(27)25-16-3-1-2-14(22)10-16/h1-11H,12H2,(H,24,26)(H,25,27). The normalized spacial score (nSPS) is 10.8. The number of amides is 2. The molecule has 1 heterocycles. The first kappa shape index (κ1) is 19.7. The fourth-order valence-corrected chi connectivity index (χ4v) is 2.54. The molecule has 0 aliphatic heterocycles. The van der Waals surface area contributed by atoms with Crippen LogP contribution in [0.1, 0.15) is 11.5 Å². The van der Waals surface area contributed by atoms with E-state index in [1.165, 1.54) is 0 Å². The first-order valence-electron chi connectivity index (χ1n) is 8.23. The Labute approximate surface area is 171 Å². The summed E-state index contributed by atoms with van der Waals surface area (Å²) < 4.78 is 5.55.